The quantitative estimate of drug-likeness (QED) is 0.782. The summed E-state index contributed by atoms with van der Waals surface area (Å²) in [6.07, 6.45) is 2.44. The molecule has 110 valence electrons. The first-order valence-electron chi connectivity index (χ1n) is 6.92. The molecule has 2 N–H and O–H groups in total. The van der Waals surface area contributed by atoms with Crippen LogP contribution in [-0.4, -0.2) is 64.3 Å². The van der Waals surface area contributed by atoms with Crippen molar-refractivity contribution in [2.45, 2.75) is 39.2 Å². The average molecular weight is 272 g/mol. The van der Waals surface area contributed by atoms with Gasteiger partial charge in [-0.25, -0.2) is 9.59 Å². The zero-order valence-corrected chi connectivity index (χ0v) is 11.7. The Hall–Kier alpha value is -1.30. The van der Waals surface area contributed by atoms with Gasteiger partial charge in [-0.1, -0.05) is 13.8 Å². The van der Waals surface area contributed by atoms with E-state index in [4.69, 9.17) is 5.11 Å². The van der Waals surface area contributed by atoms with E-state index in [1.54, 1.807) is 0 Å². The number of aliphatic hydroxyl groups is 1. The van der Waals surface area contributed by atoms with Crippen LogP contribution in [0.25, 0.3) is 0 Å². The first-order chi connectivity index (χ1) is 9.02. The Labute approximate surface area is 114 Å². The molecule has 0 aromatic carbocycles. The summed E-state index contributed by atoms with van der Waals surface area (Å²) < 4.78 is 0. The minimum atomic E-state index is -0.944. The number of aliphatic hydroxyl groups excluding tert-OH is 1. The highest BCUT2D eigenvalue weighted by Crippen LogP contribution is 2.24. The van der Waals surface area contributed by atoms with Gasteiger partial charge >= 0.3 is 12.0 Å². The first-order valence-corrected chi connectivity index (χ1v) is 6.92. The minimum Gasteiger partial charge on any atom is -0.480 e. The first kappa shape index (κ1) is 15.8. The van der Waals surface area contributed by atoms with E-state index in [0.717, 1.165) is 19.3 Å². The molecule has 0 aliphatic carbocycles. The molecule has 0 bridgehead atoms. The number of aliphatic carboxylic acids is 1. The fraction of sp³-hybridized carbons (Fsp3) is 0.846. The van der Waals surface area contributed by atoms with Gasteiger partial charge in [0.1, 0.15) is 6.04 Å². The molecule has 0 spiro atoms. The normalized spacial score (nSPS) is 23.2. The van der Waals surface area contributed by atoms with Crippen molar-refractivity contribution in [2.75, 3.05) is 26.2 Å². The molecule has 1 rings (SSSR count). The van der Waals surface area contributed by atoms with E-state index in [2.05, 4.69) is 0 Å². The van der Waals surface area contributed by atoms with E-state index < -0.39 is 12.0 Å². The number of urea groups is 1. The molecule has 0 aromatic heterocycles. The van der Waals surface area contributed by atoms with Crippen LogP contribution in [0, 0.1) is 5.92 Å². The maximum Gasteiger partial charge on any atom is 0.326 e. The number of piperidine rings is 1. The van der Waals surface area contributed by atoms with Crippen LogP contribution in [0.4, 0.5) is 4.79 Å². The summed E-state index contributed by atoms with van der Waals surface area (Å²) in [5.74, 6) is -0.978. The third-order valence-corrected chi connectivity index (χ3v) is 3.57. The third-order valence-electron chi connectivity index (χ3n) is 3.57. The molecule has 1 aliphatic rings. The van der Waals surface area contributed by atoms with E-state index in [-0.39, 0.29) is 25.1 Å². The number of carbonyl (C=O) groups is 2. The van der Waals surface area contributed by atoms with E-state index >= 15 is 0 Å². The molecule has 1 saturated heterocycles. The second-order valence-electron chi connectivity index (χ2n) is 5.09. The van der Waals surface area contributed by atoms with Crippen LogP contribution in [0.1, 0.15) is 33.1 Å². The van der Waals surface area contributed by atoms with Gasteiger partial charge in [0.2, 0.25) is 0 Å². The topological polar surface area (TPSA) is 81.1 Å². The maximum atomic E-state index is 12.4. The summed E-state index contributed by atoms with van der Waals surface area (Å²) >= 11 is 0. The number of hydrogen-bond donors (Lipinski definition) is 2. The monoisotopic (exact) mass is 272 g/mol. The van der Waals surface area contributed by atoms with Crippen molar-refractivity contribution in [1.29, 1.82) is 0 Å². The van der Waals surface area contributed by atoms with Gasteiger partial charge in [0.05, 0.1) is 6.61 Å². The Morgan fingerprint density at radius 3 is 2.58 bits per heavy atom. The second-order valence-corrected chi connectivity index (χ2v) is 5.09. The molecule has 6 nitrogen and oxygen atoms in total. The van der Waals surface area contributed by atoms with Crippen LogP contribution in [0.5, 0.6) is 0 Å². The van der Waals surface area contributed by atoms with Crippen LogP contribution in [0.3, 0.4) is 0 Å². The van der Waals surface area contributed by atoms with Gasteiger partial charge in [-0.05, 0) is 25.2 Å². The number of nitrogens with zero attached hydrogens (tertiary/aromatic N) is 2. The minimum absolute atomic E-state index is 0.0344. The summed E-state index contributed by atoms with van der Waals surface area (Å²) in [5.41, 5.74) is 0. The van der Waals surface area contributed by atoms with Crippen LogP contribution >= 0.6 is 0 Å². The summed E-state index contributed by atoms with van der Waals surface area (Å²) in [6, 6.07) is -1.02. The Kier molecular flexibility index (Phi) is 6.08. The molecule has 19 heavy (non-hydrogen) atoms. The lowest BCUT2D eigenvalue weighted by Gasteiger charge is -2.40. The lowest BCUT2D eigenvalue weighted by molar-refractivity contribution is -0.145. The van der Waals surface area contributed by atoms with Crippen molar-refractivity contribution in [3.63, 3.8) is 0 Å². The van der Waals surface area contributed by atoms with Crippen molar-refractivity contribution < 1.29 is 19.8 Å². The van der Waals surface area contributed by atoms with Crippen molar-refractivity contribution in [3.8, 4) is 0 Å². The number of carboxylic acids is 1. The molecule has 0 saturated carbocycles. The number of rotatable bonds is 5. The van der Waals surface area contributed by atoms with Gasteiger partial charge in [-0.3, -0.25) is 0 Å². The third kappa shape index (κ3) is 3.83. The van der Waals surface area contributed by atoms with Crippen LogP contribution in [0.2, 0.25) is 0 Å². The summed E-state index contributed by atoms with van der Waals surface area (Å²) in [4.78, 5) is 26.8. The Morgan fingerprint density at radius 1 is 1.37 bits per heavy atom. The lowest BCUT2D eigenvalue weighted by Crippen LogP contribution is -2.56. The Bertz CT molecular complexity index is 316. The fourth-order valence-corrected chi connectivity index (χ4v) is 2.65. The average Bonchev–Trinajstić information content (AvgIpc) is 2.37. The number of amides is 2. The summed E-state index contributed by atoms with van der Waals surface area (Å²) in [5, 5.41) is 18.3. The SMILES string of the molecule is CCCN(CCO)C(=O)N1CCCC(C)C1C(=O)O. The highest BCUT2D eigenvalue weighted by molar-refractivity contribution is 5.83. The van der Waals surface area contributed by atoms with E-state index in [1.807, 2.05) is 13.8 Å². The van der Waals surface area contributed by atoms with Gasteiger partial charge in [-0.15, -0.1) is 0 Å². The molecular weight excluding hydrogens is 248 g/mol. The molecular formula is C13H24N2O4. The fourth-order valence-electron chi connectivity index (χ4n) is 2.65. The number of hydrogen-bond acceptors (Lipinski definition) is 3. The highest BCUT2D eigenvalue weighted by Gasteiger charge is 2.38. The molecule has 2 atom stereocenters. The van der Waals surface area contributed by atoms with E-state index in [9.17, 15) is 14.7 Å². The molecule has 6 heteroatoms. The zero-order valence-electron chi connectivity index (χ0n) is 11.7. The largest absolute Gasteiger partial charge is 0.480 e. The van der Waals surface area contributed by atoms with Crippen molar-refractivity contribution in [3.05, 3.63) is 0 Å². The van der Waals surface area contributed by atoms with E-state index in [0.29, 0.717) is 13.1 Å². The summed E-state index contributed by atoms with van der Waals surface area (Å²) in [7, 11) is 0. The Morgan fingerprint density at radius 2 is 2.05 bits per heavy atom. The van der Waals surface area contributed by atoms with E-state index in [1.165, 1.54) is 9.80 Å². The molecule has 2 amide bonds. The predicted molar refractivity (Wildman–Crippen MR) is 70.9 cm³/mol. The van der Waals surface area contributed by atoms with Crippen LogP contribution < -0.4 is 0 Å². The van der Waals surface area contributed by atoms with Gasteiger partial charge in [0.15, 0.2) is 0 Å². The number of carboxylic acid groups (broad SMARTS) is 1. The van der Waals surface area contributed by atoms with Gasteiger partial charge in [0, 0.05) is 19.6 Å². The molecule has 2 unspecified atom stereocenters. The van der Waals surface area contributed by atoms with Crippen molar-refractivity contribution >= 4 is 12.0 Å². The predicted octanol–water partition coefficient (Wildman–Crippen LogP) is 0.996. The number of likely N-dealkylation sites (tertiary alicyclic amines) is 1. The van der Waals surface area contributed by atoms with Crippen LogP contribution in [0.15, 0.2) is 0 Å². The molecule has 0 radical (unpaired) electrons. The number of carbonyl (C=O) groups excluding carboxylic acids is 1. The van der Waals surface area contributed by atoms with Gasteiger partial charge in [0.25, 0.3) is 0 Å². The van der Waals surface area contributed by atoms with Gasteiger partial charge in [-0.2, -0.15) is 0 Å². The molecule has 1 heterocycles. The summed E-state index contributed by atoms with van der Waals surface area (Å²) in [6.45, 7) is 4.98. The zero-order chi connectivity index (χ0) is 14.4. The van der Waals surface area contributed by atoms with Crippen molar-refractivity contribution in [1.82, 2.24) is 9.80 Å². The Balaban J connectivity index is 2.83. The standard InChI is InChI=1S/C13H24N2O4/c1-3-6-14(8-9-16)13(19)15-7-4-5-10(2)11(15)12(17)18/h10-11,16H,3-9H2,1-2H3,(H,17,18). The molecule has 1 fully saturated rings. The van der Waals surface area contributed by atoms with Crippen LogP contribution in [-0.2, 0) is 4.79 Å². The second kappa shape index (κ2) is 7.33. The molecule has 1 aliphatic heterocycles. The lowest BCUT2D eigenvalue weighted by atomic mass is 9.91. The smallest absolute Gasteiger partial charge is 0.326 e. The maximum absolute atomic E-state index is 12.4. The molecule has 0 aromatic rings. The van der Waals surface area contributed by atoms with Gasteiger partial charge < -0.3 is 20.0 Å². The van der Waals surface area contributed by atoms with Crippen molar-refractivity contribution in [2.24, 2.45) is 5.92 Å². The highest BCUT2D eigenvalue weighted by atomic mass is 16.4.